The van der Waals surface area contributed by atoms with Crippen molar-refractivity contribution in [3.8, 4) is 0 Å². The molecule has 0 aromatic rings. The molecular formula is C74H131NO8P+. The van der Waals surface area contributed by atoms with Crippen LogP contribution >= 0.6 is 7.82 Å². The summed E-state index contributed by atoms with van der Waals surface area (Å²) < 4.78 is 34.7. The van der Waals surface area contributed by atoms with Gasteiger partial charge in [0.1, 0.15) is 19.8 Å². The lowest BCUT2D eigenvalue weighted by atomic mass is 10.0. The zero-order chi connectivity index (χ0) is 61.2. The van der Waals surface area contributed by atoms with E-state index in [9.17, 15) is 19.0 Å². The first kappa shape index (κ1) is 80.7. The number of phosphoric ester groups is 1. The molecule has 484 valence electrons. The van der Waals surface area contributed by atoms with Crippen LogP contribution in [0.1, 0.15) is 296 Å². The summed E-state index contributed by atoms with van der Waals surface area (Å²) in [5.74, 6) is -0.797. The minimum absolute atomic E-state index is 0.0275. The van der Waals surface area contributed by atoms with E-state index >= 15 is 0 Å². The van der Waals surface area contributed by atoms with E-state index in [1.165, 1.54) is 173 Å². The molecule has 0 aliphatic heterocycles. The Morgan fingerprint density at radius 2 is 0.679 bits per heavy atom. The molecule has 0 bridgehead atoms. The third-order valence-corrected chi connectivity index (χ3v) is 15.8. The van der Waals surface area contributed by atoms with Crippen molar-refractivity contribution in [1.82, 2.24) is 0 Å². The first-order chi connectivity index (χ1) is 41.0. The number of esters is 2. The number of hydrogen-bond donors (Lipinski definition) is 1. The van der Waals surface area contributed by atoms with E-state index < -0.39 is 26.5 Å². The summed E-state index contributed by atoms with van der Waals surface area (Å²) >= 11 is 0. The van der Waals surface area contributed by atoms with Gasteiger partial charge in [-0.15, -0.1) is 0 Å². The van der Waals surface area contributed by atoms with Crippen LogP contribution in [0.15, 0.2) is 109 Å². The summed E-state index contributed by atoms with van der Waals surface area (Å²) in [5, 5.41) is 0. The minimum Gasteiger partial charge on any atom is -0.462 e. The third-order valence-electron chi connectivity index (χ3n) is 14.8. The highest BCUT2D eigenvalue weighted by Crippen LogP contribution is 2.43. The number of nitrogens with zero attached hydrogens (tertiary/aromatic N) is 1. The van der Waals surface area contributed by atoms with Crippen molar-refractivity contribution in [2.45, 2.75) is 302 Å². The maximum atomic E-state index is 12.9. The van der Waals surface area contributed by atoms with Crippen molar-refractivity contribution in [2.75, 3.05) is 47.5 Å². The number of carbonyl (C=O) groups excluding carboxylic acids is 2. The second kappa shape index (κ2) is 64.2. The van der Waals surface area contributed by atoms with Gasteiger partial charge in [-0.3, -0.25) is 18.6 Å². The number of allylic oxidation sites excluding steroid dienone is 18. The highest BCUT2D eigenvalue weighted by molar-refractivity contribution is 7.47. The molecule has 0 spiro atoms. The quantitative estimate of drug-likeness (QED) is 0.0211. The van der Waals surface area contributed by atoms with Crippen LogP contribution in [0.2, 0.25) is 0 Å². The van der Waals surface area contributed by atoms with Crippen LogP contribution in [0, 0.1) is 0 Å². The number of unbranched alkanes of at least 4 members (excludes halogenated alkanes) is 31. The average molecular weight is 1190 g/mol. The summed E-state index contributed by atoms with van der Waals surface area (Å²) in [6.45, 7) is 4.33. The molecule has 0 aromatic heterocycles. The SMILES string of the molecule is CC/C=C\C/C=C\C/C=C\C/C=C\C/C=C\C/C=C\CCCCCCCCCCCCCCC(=O)OC(COC(=O)CCCCCCCCCCCCCCCC/C=C\C/C=C\C/C=C\CCCCCCC)COP(=O)(O)OCC[N+](C)(C)C. The number of hydrogen-bond acceptors (Lipinski definition) is 7. The van der Waals surface area contributed by atoms with E-state index in [0.717, 1.165) is 89.9 Å². The fraction of sp³-hybridized carbons (Fsp3) is 0.730. The van der Waals surface area contributed by atoms with Crippen molar-refractivity contribution in [3.63, 3.8) is 0 Å². The molecule has 84 heavy (non-hydrogen) atoms. The first-order valence-corrected chi connectivity index (χ1v) is 36.1. The van der Waals surface area contributed by atoms with Gasteiger partial charge in [0.2, 0.25) is 0 Å². The van der Waals surface area contributed by atoms with E-state index in [1.54, 1.807) is 0 Å². The highest BCUT2D eigenvalue weighted by atomic mass is 31.2. The van der Waals surface area contributed by atoms with Crippen LogP contribution in [-0.2, 0) is 32.7 Å². The van der Waals surface area contributed by atoms with E-state index in [4.69, 9.17) is 18.5 Å². The Bertz CT molecular complexity index is 1790. The van der Waals surface area contributed by atoms with Crippen molar-refractivity contribution in [3.05, 3.63) is 109 Å². The molecule has 1 N–H and O–H groups in total. The Balaban J connectivity index is 4.08. The molecule has 0 saturated heterocycles. The Kier molecular flexibility index (Phi) is 61.6. The van der Waals surface area contributed by atoms with Gasteiger partial charge in [0, 0.05) is 12.8 Å². The second-order valence-corrected chi connectivity index (χ2v) is 25.6. The van der Waals surface area contributed by atoms with Crippen molar-refractivity contribution in [2.24, 2.45) is 0 Å². The molecular weight excluding hydrogens is 1060 g/mol. The maximum Gasteiger partial charge on any atom is 0.472 e. The predicted octanol–water partition coefficient (Wildman–Crippen LogP) is 22.5. The molecule has 0 radical (unpaired) electrons. The first-order valence-electron chi connectivity index (χ1n) is 34.6. The molecule has 0 aliphatic carbocycles. The fourth-order valence-electron chi connectivity index (χ4n) is 9.50. The van der Waals surface area contributed by atoms with Crippen LogP contribution in [0.3, 0.4) is 0 Å². The minimum atomic E-state index is -4.40. The molecule has 0 rings (SSSR count). The largest absolute Gasteiger partial charge is 0.472 e. The Labute approximate surface area is 518 Å². The predicted molar refractivity (Wildman–Crippen MR) is 362 cm³/mol. The number of rotatable bonds is 63. The van der Waals surface area contributed by atoms with Gasteiger partial charge < -0.3 is 18.9 Å². The number of ether oxygens (including phenoxy) is 2. The highest BCUT2D eigenvalue weighted by Gasteiger charge is 2.27. The van der Waals surface area contributed by atoms with E-state index in [2.05, 4.69) is 123 Å². The molecule has 2 unspecified atom stereocenters. The molecule has 2 atom stereocenters. The zero-order valence-corrected chi connectivity index (χ0v) is 56.0. The van der Waals surface area contributed by atoms with Gasteiger partial charge in [0.25, 0.3) is 0 Å². The Hall–Kier alpha value is -3.33. The zero-order valence-electron chi connectivity index (χ0n) is 55.1. The van der Waals surface area contributed by atoms with Crippen LogP contribution < -0.4 is 0 Å². The molecule has 0 heterocycles. The van der Waals surface area contributed by atoms with Gasteiger partial charge in [-0.25, -0.2) is 4.57 Å². The van der Waals surface area contributed by atoms with Crippen molar-refractivity contribution in [1.29, 1.82) is 0 Å². The van der Waals surface area contributed by atoms with Gasteiger partial charge in [0.05, 0.1) is 27.7 Å². The van der Waals surface area contributed by atoms with Crippen LogP contribution in [-0.4, -0.2) is 74.9 Å². The van der Waals surface area contributed by atoms with Crippen molar-refractivity contribution < 1.29 is 42.1 Å². The molecule has 9 nitrogen and oxygen atoms in total. The molecule has 10 heteroatoms. The summed E-state index contributed by atoms with van der Waals surface area (Å²) in [5.41, 5.74) is 0. The molecule has 0 saturated carbocycles. The molecule has 0 aromatic carbocycles. The lowest BCUT2D eigenvalue weighted by Gasteiger charge is -2.24. The lowest BCUT2D eigenvalue weighted by Crippen LogP contribution is -2.37. The van der Waals surface area contributed by atoms with Gasteiger partial charge in [-0.05, 0) is 103 Å². The Morgan fingerprint density at radius 1 is 0.381 bits per heavy atom. The summed E-state index contributed by atoms with van der Waals surface area (Å²) in [4.78, 5) is 35.9. The topological polar surface area (TPSA) is 108 Å². The van der Waals surface area contributed by atoms with E-state index in [1.807, 2.05) is 21.1 Å². The standard InChI is InChI=1S/C74H130NO8P/c1-6-8-10-12-14-16-18-20-22-24-26-28-30-32-34-36-37-39-41-43-45-47-49-51-53-55-57-59-61-63-65-67-74(77)83-72(71-82-84(78,79)81-69-68-75(3,4)5)70-80-73(76)66-64-62-60-58-56-54-52-50-48-46-44-42-40-38-35-33-31-29-27-25-23-21-19-17-15-13-11-9-7-2/h8,10,14,16,19-22,25-28,31-34,37,39,72H,6-7,9,11-13,15,17-18,23-24,29-30,35-36,38,40-71H2,1-5H3/p+1/b10-8-,16-14-,21-19-,22-20-,27-25-,28-26-,33-31-,34-32-,39-37-. The van der Waals surface area contributed by atoms with Gasteiger partial charge in [0.15, 0.2) is 6.10 Å². The monoisotopic (exact) mass is 1190 g/mol. The van der Waals surface area contributed by atoms with Crippen LogP contribution in [0.25, 0.3) is 0 Å². The average Bonchev–Trinajstić information content (AvgIpc) is 3.61. The molecule has 0 amide bonds. The second-order valence-electron chi connectivity index (χ2n) is 24.2. The normalized spacial score (nSPS) is 13.8. The number of likely N-dealkylation sites (N-methyl/N-ethyl adjacent to an activating group) is 1. The maximum absolute atomic E-state index is 12.9. The number of quaternary nitrogens is 1. The summed E-state index contributed by atoms with van der Waals surface area (Å²) in [6.07, 6.45) is 90.4. The fourth-order valence-corrected chi connectivity index (χ4v) is 10.2. The molecule has 0 aliphatic rings. The van der Waals surface area contributed by atoms with Crippen molar-refractivity contribution >= 4 is 19.8 Å². The van der Waals surface area contributed by atoms with Gasteiger partial charge >= 0.3 is 19.8 Å². The van der Waals surface area contributed by atoms with E-state index in [0.29, 0.717) is 17.4 Å². The smallest absolute Gasteiger partial charge is 0.462 e. The molecule has 0 fully saturated rings. The number of carbonyl (C=O) groups is 2. The summed E-state index contributed by atoms with van der Waals surface area (Å²) in [7, 11) is 1.47. The summed E-state index contributed by atoms with van der Waals surface area (Å²) in [6, 6.07) is 0. The lowest BCUT2D eigenvalue weighted by molar-refractivity contribution is -0.870. The third kappa shape index (κ3) is 67.8. The van der Waals surface area contributed by atoms with E-state index in [-0.39, 0.29) is 32.0 Å². The van der Waals surface area contributed by atoms with Crippen LogP contribution in [0.4, 0.5) is 0 Å². The van der Waals surface area contributed by atoms with Gasteiger partial charge in [-0.2, -0.15) is 0 Å². The van der Waals surface area contributed by atoms with Gasteiger partial charge in [-0.1, -0.05) is 290 Å². The number of phosphoric acid groups is 1. The van der Waals surface area contributed by atoms with Crippen LogP contribution in [0.5, 0.6) is 0 Å². The Morgan fingerprint density at radius 3 is 1.01 bits per heavy atom.